The van der Waals surface area contributed by atoms with Crippen molar-refractivity contribution in [3.8, 4) is 0 Å². The van der Waals surface area contributed by atoms with Gasteiger partial charge in [0.05, 0.1) is 16.9 Å². The molecule has 7 fully saturated rings. The largest absolute Gasteiger partial charge is 0.458 e. The van der Waals surface area contributed by atoms with E-state index >= 15 is 0 Å². The van der Waals surface area contributed by atoms with Gasteiger partial charge in [0.1, 0.15) is 18.8 Å². The van der Waals surface area contributed by atoms with Crippen molar-refractivity contribution in [2.75, 3.05) is 13.2 Å². The van der Waals surface area contributed by atoms with Gasteiger partial charge in [-0.05, 0) is 63.2 Å². The van der Waals surface area contributed by atoms with E-state index in [1.165, 1.54) is 0 Å². The fraction of sp³-hybridized carbons (Fsp3) is 0.870. The van der Waals surface area contributed by atoms with Crippen LogP contribution < -0.4 is 0 Å². The Labute approximate surface area is 206 Å². The number of alkyl halides is 2. The molecular formula is C23H28F2O10S. The van der Waals surface area contributed by atoms with Crippen LogP contribution in [0.4, 0.5) is 8.78 Å². The van der Waals surface area contributed by atoms with E-state index in [0.717, 1.165) is 12.8 Å². The SMILES string of the molecule is O=C(COC12CC3CC(C1)CC(C(=O)OCC(F)(F)S(=O)(=O)O)(C3)C2)OC1C2CC3C(=O)OC1C3C2. The van der Waals surface area contributed by atoms with E-state index in [9.17, 15) is 31.6 Å². The summed E-state index contributed by atoms with van der Waals surface area (Å²) in [7, 11) is -5.72. The van der Waals surface area contributed by atoms with Gasteiger partial charge >= 0.3 is 33.3 Å². The van der Waals surface area contributed by atoms with E-state index < -0.39 is 57.1 Å². The zero-order valence-corrected chi connectivity index (χ0v) is 20.2. The van der Waals surface area contributed by atoms with Gasteiger partial charge in [-0.15, -0.1) is 0 Å². The van der Waals surface area contributed by atoms with Gasteiger partial charge in [0.15, 0.2) is 6.61 Å². The molecule has 0 radical (unpaired) electrons. The van der Waals surface area contributed by atoms with E-state index in [2.05, 4.69) is 0 Å². The van der Waals surface area contributed by atoms with Gasteiger partial charge in [0.25, 0.3) is 0 Å². The van der Waals surface area contributed by atoms with Crippen LogP contribution in [0.25, 0.3) is 0 Å². The van der Waals surface area contributed by atoms with Crippen molar-refractivity contribution in [1.29, 1.82) is 0 Å². The second-order valence-electron chi connectivity index (χ2n) is 11.8. The fourth-order valence-electron chi connectivity index (χ4n) is 8.43. The lowest BCUT2D eigenvalue weighted by molar-refractivity contribution is -0.217. The van der Waals surface area contributed by atoms with Gasteiger partial charge in [0.2, 0.25) is 0 Å². The number of fused-ring (bicyclic) bond motifs is 1. The Morgan fingerprint density at radius 1 is 1.11 bits per heavy atom. The van der Waals surface area contributed by atoms with Crippen molar-refractivity contribution in [3.63, 3.8) is 0 Å². The summed E-state index contributed by atoms with van der Waals surface area (Å²) in [5.74, 6) is -1.46. The highest BCUT2D eigenvalue weighted by atomic mass is 32.2. The van der Waals surface area contributed by atoms with Crippen LogP contribution in [0.1, 0.15) is 51.4 Å². The minimum atomic E-state index is -5.72. The maximum atomic E-state index is 13.6. The molecule has 1 N–H and O–H groups in total. The molecule has 7 unspecified atom stereocenters. The molecule has 6 aliphatic carbocycles. The van der Waals surface area contributed by atoms with Gasteiger partial charge < -0.3 is 18.9 Å². The van der Waals surface area contributed by atoms with E-state index in [-0.39, 0.29) is 48.6 Å². The molecule has 6 saturated carbocycles. The average molecular weight is 535 g/mol. The van der Waals surface area contributed by atoms with Crippen molar-refractivity contribution < 1.29 is 55.1 Å². The summed E-state index contributed by atoms with van der Waals surface area (Å²) in [6, 6.07) is 0. The summed E-state index contributed by atoms with van der Waals surface area (Å²) in [6.45, 7) is -2.11. The third-order valence-corrected chi connectivity index (χ3v) is 10.2. The Hall–Kier alpha value is -1.86. The number of carbonyl (C=O) groups excluding carboxylic acids is 3. The molecule has 0 aromatic rings. The van der Waals surface area contributed by atoms with Crippen LogP contribution in [0.5, 0.6) is 0 Å². The Kier molecular flexibility index (Phi) is 5.32. The number of halogens is 2. The van der Waals surface area contributed by atoms with Gasteiger partial charge in [-0.25, -0.2) is 4.79 Å². The van der Waals surface area contributed by atoms with E-state index in [0.29, 0.717) is 32.1 Å². The molecule has 36 heavy (non-hydrogen) atoms. The van der Waals surface area contributed by atoms with Crippen LogP contribution >= 0.6 is 0 Å². The normalized spacial score (nSPS) is 44.1. The highest BCUT2D eigenvalue weighted by molar-refractivity contribution is 7.86. The first-order valence-electron chi connectivity index (χ1n) is 12.4. The topological polar surface area (TPSA) is 142 Å². The Bertz CT molecular complexity index is 1090. The van der Waals surface area contributed by atoms with Crippen LogP contribution in [-0.4, -0.2) is 67.2 Å². The molecule has 0 spiro atoms. The first-order valence-corrected chi connectivity index (χ1v) is 13.8. The minimum absolute atomic E-state index is 0.0808. The minimum Gasteiger partial charge on any atom is -0.458 e. The smallest absolute Gasteiger partial charge is 0.402 e. The average Bonchev–Trinajstić information content (AvgIpc) is 3.40. The van der Waals surface area contributed by atoms with E-state index in [4.69, 9.17) is 23.5 Å². The molecule has 7 rings (SSSR count). The number of ether oxygens (including phenoxy) is 4. The lowest BCUT2D eigenvalue weighted by atomic mass is 9.48. The van der Waals surface area contributed by atoms with E-state index in [1.807, 2.05) is 0 Å². The molecule has 10 nitrogen and oxygen atoms in total. The number of rotatable bonds is 8. The number of carbonyl (C=O) groups is 3. The molecule has 7 aliphatic rings. The summed E-state index contributed by atoms with van der Waals surface area (Å²) < 4.78 is 79.6. The Balaban J connectivity index is 1.09. The second kappa shape index (κ2) is 7.83. The third kappa shape index (κ3) is 3.75. The van der Waals surface area contributed by atoms with Crippen molar-refractivity contribution in [1.82, 2.24) is 0 Å². The molecule has 0 amide bonds. The molecule has 1 heterocycles. The number of hydrogen-bond acceptors (Lipinski definition) is 9. The number of esters is 3. The molecule has 1 aliphatic heterocycles. The molecule has 13 heteroatoms. The summed E-state index contributed by atoms with van der Waals surface area (Å²) in [5, 5.41) is -4.60. The van der Waals surface area contributed by atoms with Gasteiger partial charge in [0, 0.05) is 11.8 Å². The van der Waals surface area contributed by atoms with Gasteiger partial charge in [-0.2, -0.15) is 17.2 Å². The van der Waals surface area contributed by atoms with Crippen molar-refractivity contribution in [2.24, 2.45) is 35.0 Å². The van der Waals surface area contributed by atoms with Crippen LogP contribution in [-0.2, 0) is 43.4 Å². The summed E-state index contributed by atoms with van der Waals surface area (Å²) >= 11 is 0. The molecular weight excluding hydrogens is 506 g/mol. The quantitative estimate of drug-likeness (QED) is 0.278. The molecule has 1 saturated heterocycles. The standard InChI is InChI=1S/C23H28F2O10S/c24-23(25,36(29,30)31)10-32-20(28)21-4-11-1-12(5-21)7-22(6-11,9-21)33-8-16(26)34-17-13-2-14-15(3-13)19(27)35-18(14)17/h11-15,17-18H,1-10H2,(H,29,30,31). The maximum absolute atomic E-state index is 13.6. The zero-order valence-electron chi connectivity index (χ0n) is 19.4. The monoisotopic (exact) mass is 534 g/mol. The summed E-state index contributed by atoms with van der Waals surface area (Å²) in [4.78, 5) is 37.6. The van der Waals surface area contributed by atoms with Crippen LogP contribution in [0.15, 0.2) is 0 Å². The molecule has 0 aromatic heterocycles. The molecule has 6 bridgehead atoms. The molecule has 200 valence electrons. The predicted molar refractivity (Wildman–Crippen MR) is 113 cm³/mol. The first-order chi connectivity index (χ1) is 16.8. The van der Waals surface area contributed by atoms with Crippen LogP contribution in [0.3, 0.4) is 0 Å². The predicted octanol–water partition coefficient (Wildman–Crippen LogP) is 1.86. The molecule has 0 aromatic carbocycles. The summed E-state index contributed by atoms with van der Waals surface area (Å²) in [6.07, 6.45) is 3.66. The Morgan fingerprint density at radius 2 is 1.81 bits per heavy atom. The van der Waals surface area contributed by atoms with Gasteiger partial charge in [-0.3, -0.25) is 14.1 Å². The summed E-state index contributed by atoms with van der Waals surface area (Å²) in [5.41, 5.74) is -1.92. The highest BCUT2D eigenvalue weighted by Crippen LogP contribution is 2.63. The van der Waals surface area contributed by atoms with Gasteiger partial charge in [-0.1, -0.05) is 0 Å². The maximum Gasteiger partial charge on any atom is 0.402 e. The second-order valence-corrected chi connectivity index (χ2v) is 13.3. The van der Waals surface area contributed by atoms with Crippen LogP contribution in [0.2, 0.25) is 0 Å². The fourth-order valence-corrected chi connectivity index (χ4v) is 8.63. The van der Waals surface area contributed by atoms with Crippen molar-refractivity contribution >= 4 is 28.0 Å². The van der Waals surface area contributed by atoms with Crippen molar-refractivity contribution in [3.05, 3.63) is 0 Å². The zero-order chi connectivity index (χ0) is 25.7. The highest BCUT2D eigenvalue weighted by Gasteiger charge is 2.64. The van der Waals surface area contributed by atoms with E-state index in [1.54, 1.807) is 0 Å². The first kappa shape index (κ1) is 24.5. The third-order valence-electron chi connectivity index (χ3n) is 9.37. The number of hydrogen-bond donors (Lipinski definition) is 1. The lowest BCUT2D eigenvalue weighted by Gasteiger charge is -2.60. The van der Waals surface area contributed by atoms with Crippen LogP contribution in [0, 0.1) is 35.0 Å². The Morgan fingerprint density at radius 3 is 2.47 bits per heavy atom. The van der Waals surface area contributed by atoms with Crippen molar-refractivity contribution in [2.45, 2.75) is 74.4 Å². The molecule has 7 atom stereocenters. The lowest BCUT2D eigenvalue weighted by Crippen LogP contribution is -2.60.